The Balaban J connectivity index is 1.81. The van der Waals surface area contributed by atoms with Gasteiger partial charge in [0.2, 0.25) is 0 Å². The smallest absolute Gasteiger partial charge is 0.323 e. The fourth-order valence-electron chi connectivity index (χ4n) is 4.33. The number of aliphatic carboxylic acids is 1. The van der Waals surface area contributed by atoms with E-state index >= 15 is 0 Å². The largest absolute Gasteiger partial charge is 0.480 e. The van der Waals surface area contributed by atoms with E-state index in [1.807, 2.05) is 0 Å². The maximum Gasteiger partial charge on any atom is 0.323 e. The van der Waals surface area contributed by atoms with Gasteiger partial charge in [0.05, 0.1) is 0 Å². The standard InChI is InChI=1S/C17H32N2O2/c1-3-16(4-2)9-12-19(13-10-16)11-7-14-6-5-8-17(14,18)15(20)21/h14H,3-13,18H2,1-2H3,(H,20,21). The first kappa shape index (κ1) is 16.8. The zero-order valence-electron chi connectivity index (χ0n) is 13.7. The Morgan fingerprint density at radius 2 is 1.86 bits per heavy atom. The van der Waals surface area contributed by atoms with Crippen LogP contribution in [0.2, 0.25) is 0 Å². The number of carbonyl (C=O) groups is 1. The van der Waals surface area contributed by atoms with Crippen molar-refractivity contribution >= 4 is 5.97 Å². The topological polar surface area (TPSA) is 66.6 Å². The SMILES string of the molecule is CCC1(CC)CCN(CCC2CCCC2(N)C(=O)O)CC1. The number of nitrogens with zero attached hydrogens (tertiary/aromatic N) is 1. The summed E-state index contributed by atoms with van der Waals surface area (Å²) in [7, 11) is 0. The molecule has 3 N–H and O–H groups in total. The Labute approximate surface area is 129 Å². The van der Waals surface area contributed by atoms with Gasteiger partial charge in [0.1, 0.15) is 5.54 Å². The Kier molecular flexibility index (Phi) is 5.31. The molecular weight excluding hydrogens is 264 g/mol. The molecule has 1 heterocycles. The van der Waals surface area contributed by atoms with Gasteiger partial charge in [0, 0.05) is 0 Å². The molecule has 2 fully saturated rings. The van der Waals surface area contributed by atoms with E-state index in [4.69, 9.17) is 5.73 Å². The summed E-state index contributed by atoms with van der Waals surface area (Å²) < 4.78 is 0. The predicted molar refractivity (Wildman–Crippen MR) is 85.2 cm³/mol. The van der Waals surface area contributed by atoms with Crippen LogP contribution in [0.25, 0.3) is 0 Å². The molecule has 2 aliphatic rings. The monoisotopic (exact) mass is 296 g/mol. The normalized spacial score (nSPS) is 33.2. The van der Waals surface area contributed by atoms with E-state index in [2.05, 4.69) is 18.7 Å². The number of carboxylic acid groups (broad SMARTS) is 1. The van der Waals surface area contributed by atoms with Crippen LogP contribution >= 0.6 is 0 Å². The maximum atomic E-state index is 11.4. The number of carboxylic acids is 1. The zero-order valence-corrected chi connectivity index (χ0v) is 13.7. The highest BCUT2D eigenvalue weighted by atomic mass is 16.4. The third kappa shape index (κ3) is 3.42. The molecular formula is C17H32N2O2. The van der Waals surface area contributed by atoms with E-state index in [0.29, 0.717) is 11.8 Å². The number of rotatable bonds is 6. The first-order valence-corrected chi connectivity index (χ1v) is 8.70. The van der Waals surface area contributed by atoms with E-state index in [9.17, 15) is 9.90 Å². The van der Waals surface area contributed by atoms with Gasteiger partial charge >= 0.3 is 5.97 Å². The predicted octanol–water partition coefficient (Wildman–Crippen LogP) is 2.86. The van der Waals surface area contributed by atoms with Gasteiger partial charge in [-0.2, -0.15) is 0 Å². The van der Waals surface area contributed by atoms with Crippen LogP contribution in [0.4, 0.5) is 0 Å². The number of hydrogen-bond acceptors (Lipinski definition) is 3. The molecule has 0 radical (unpaired) electrons. The molecule has 1 saturated carbocycles. The van der Waals surface area contributed by atoms with E-state index in [0.717, 1.165) is 25.8 Å². The molecule has 0 aromatic heterocycles. The van der Waals surface area contributed by atoms with Crippen molar-refractivity contribution in [3.05, 3.63) is 0 Å². The summed E-state index contributed by atoms with van der Waals surface area (Å²) in [6.07, 6.45) is 8.66. The van der Waals surface area contributed by atoms with Crippen molar-refractivity contribution in [2.45, 2.75) is 70.8 Å². The Bertz CT molecular complexity index is 358. The lowest BCUT2D eigenvalue weighted by Gasteiger charge is -2.41. The van der Waals surface area contributed by atoms with Crippen LogP contribution in [0.15, 0.2) is 0 Å². The summed E-state index contributed by atoms with van der Waals surface area (Å²) >= 11 is 0. The highest BCUT2D eigenvalue weighted by Gasteiger charge is 2.45. The second-order valence-corrected chi connectivity index (χ2v) is 7.27. The van der Waals surface area contributed by atoms with Crippen molar-refractivity contribution in [3.8, 4) is 0 Å². The maximum absolute atomic E-state index is 11.4. The molecule has 0 amide bonds. The summed E-state index contributed by atoms with van der Waals surface area (Å²) in [5.74, 6) is -0.654. The second kappa shape index (κ2) is 6.66. The molecule has 4 nitrogen and oxygen atoms in total. The van der Waals surface area contributed by atoms with Gasteiger partial charge in [-0.3, -0.25) is 4.79 Å². The van der Waals surface area contributed by atoms with Crippen molar-refractivity contribution < 1.29 is 9.90 Å². The van der Waals surface area contributed by atoms with Crippen LogP contribution in [0.5, 0.6) is 0 Å². The van der Waals surface area contributed by atoms with E-state index < -0.39 is 11.5 Å². The van der Waals surface area contributed by atoms with E-state index in [-0.39, 0.29) is 5.92 Å². The van der Waals surface area contributed by atoms with E-state index in [1.54, 1.807) is 0 Å². The van der Waals surface area contributed by atoms with Gasteiger partial charge in [0.15, 0.2) is 0 Å². The van der Waals surface area contributed by atoms with Gasteiger partial charge in [-0.25, -0.2) is 0 Å². The summed E-state index contributed by atoms with van der Waals surface area (Å²) in [5, 5.41) is 9.37. The van der Waals surface area contributed by atoms with Crippen LogP contribution in [-0.4, -0.2) is 41.1 Å². The molecule has 4 heteroatoms. The first-order valence-electron chi connectivity index (χ1n) is 8.70. The fourth-order valence-corrected chi connectivity index (χ4v) is 4.33. The lowest BCUT2D eigenvalue weighted by molar-refractivity contribution is -0.144. The molecule has 2 unspecified atom stereocenters. The van der Waals surface area contributed by atoms with Crippen molar-refractivity contribution in [2.75, 3.05) is 19.6 Å². The average molecular weight is 296 g/mol. The van der Waals surface area contributed by atoms with Crippen LogP contribution < -0.4 is 5.73 Å². The molecule has 1 aliphatic carbocycles. The highest BCUT2D eigenvalue weighted by Crippen LogP contribution is 2.39. The minimum absolute atomic E-state index is 0.152. The first-order chi connectivity index (χ1) is 9.96. The summed E-state index contributed by atoms with van der Waals surface area (Å²) in [6, 6.07) is 0. The van der Waals surface area contributed by atoms with Crippen LogP contribution in [0.3, 0.4) is 0 Å². The highest BCUT2D eigenvalue weighted by molar-refractivity contribution is 5.79. The third-order valence-corrected chi connectivity index (χ3v) is 6.48. The molecule has 2 rings (SSSR count). The van der Waals surface area contributed by atoms with Gasteiger partial charge in [-0.1, -0.05) is 33.1 Å². The number of piperidine rings is 1. The van der Waals surface area contributed by atoms with Gasteiger partial charge < -0.3 is 15.7 Å². The lowest BCUT2D eigenvalue weighted by atomic mass is 9.74. The van der Waals surface area contributed by atoms with E-state index in [1.165, 1.54) is 38.8 Å². The molecule has 0 aromatic rings. The molecule has 21 heavy (non-hydrogen) atoms. The van der Waals surface area contributed by atoms with Crippen LogP contribution in [0, 0.1) is 11.3 Å². The zero-order chi connectivity index (χ0) is 15.5. The molecule has 1 aliphatic heterocycles. The Morgan fingerprint density at radius 1 is 1.24 bits per heavy atom. The number of hydrogen-bond donors (Lipinski definition) is 2. The molecule has 0 spiro atoms. The number of nitrogens with two attached hydrogens (primary N) is 1. The second-order valence-electron chi connectivity index (χ2n) is 7.27. The van der Waals surface area contributed by atoms with Crippen molar-refractivity contribution in [1.29, 1.82) is 0 Å². The van der Waals surface area contributed by atoms with Gasteiger partial charge in [-0.15, -0.1) is 0 Å². The third-order valence-electron chi connectivity index (χ3n) is 6.48. The van der Waals surface area contributed by atoms with Gasteiger partial charge in [0.25, 0.3) is 0 Å². The molecule has 122 valence electrons. The minimum atomic E-state index is -0.966. The van der Waals surface area contributed by atoms with Crippen molar-refractivity contribution in [3.63, 3.8) is 0 Å². The molecule has 0 aromatic carbocycles. The van der Waals surface area contributed by atoms with Gasteiger partial charge in [-0.05, 0) is 63.1 Å². The van der Waals surface area contributed by atoms with Crippen molar-refractivity contribution in [2.24, 2.45) is 17.1 Å². The lowest BCUT2D eigenvalue weighted by Crippen LogP contribution is -2.51. The van der Waals surface area contributed by atoms with Crippen LogP contribution in [-0.2, 0) is 4.79 Å². The van der Waals surface area contributed by atoms with Crippen LogP contribution in [0.1, 0.15) is 65.2 Å². The number of likely N-dealkylation sites (tertiary alicyclic amines) is 1. The quantitative estimate of drug-likeness (QED) is 0.791. The Hall–Kier alpha value is -0.610. The Morgan fingerprint density at radius 3 is 2.38 bits per heavy atom. The fraction of sp³-hybridized carbons (Fsp3) is 0.941. The average Bonchev–Trinajstić information content (AvgIpc) is 2.88. The molecule has 2 atom stereocenters. The summed E-state index contributed by atoms with van der Waals surface area (Å²) in [5.41, 5.74) is 5.72. The molecule has 0 bridgehead atoms. The summed E-state index contributed by atoms with van der Waals surface area (Å²) in [6.45, 7) is 7.97. The summed E-state index contributed by atoms with van der Waals surface area (Å²) in [4.78, 5) is 13.9. The minimum Gasteiger partial charge on any atom is -0.480 e. The molecule has 1 saturated heterocycles. The van der Waals surface area contributed by atoms with Crippen molar-refractivity contribution in [1.82, 2.24) is 4.90 Å².